The van der Waals surface area contributed by atoms with E-state index < -0.39 is 0 Å². The van der Waals surface area contributed by atoms with Gasteiger partial charge in [0.05, 0.1) is 6.04 Å². The van der Waals surface area contributed by atoms with Gasteiger partial charge in [0.25, 0.3) is 0 Å². The van der Waals surface area contributed by atoms with Gasteiger partial charge >= 0.3 is 6.01 Å². The molecule has 2 fully saturated rings. The van der Waals surface area contributed by atoms with E-state index in [0.717, 1.165) is 25.0 Å². The molecule has 1 saturated heterocycles. The van der Waals surface area contributed by atoms with Crippen molar-refractivity contribution in [2.24, 2.45) is 5.92 Å². The minimum Gasteiger partial charge on any atom is -0.406 e. The molecule has 20 heavy (non-hydrogen) atoms. The minimum atomic E-state index is 0.133. The van der Waals surface area contributed by atoms with E-state index in [9.17, 15) is 0 Å². The molecular formula is C15H26N4O. The predicted octanol–water partition coefficient (Wildman–Crippen LogP) is 2.90. The highest BCUT2D eigenvalue weighted by Gasteiger charge is 2.35. The molecule has 1 aliphatic carbocycles. The number of piperidine rings is 1. The van der Waals surface area contributed by atoms with Gasteiger partial charge in [-0.25, -0.2) is 0 Å². The van der Waals surface area contributed by atoms with Crippen LogP contribution in [0.5, 0.6) is 0 Å². The minimum absolute atomic E-state index is 0.133. The average molecular weight is 278 g/mol. The van der Waals surface area contributed by atoms with Gasteiger partial charge in [0.2, 0.25) is 5.89 Å². The predicted molar refractivity (Wildman–Crippen MR) is 78.7 cm³/mol. The van der Waals surface area contributed by atoms with Crippen LogP contribution in [0.2, 0.25) is 0 Å². The van der Waals surface area contributed by atoms with E-state index in [1.165, 1.54) is 38.5 Å². The molecule has 0 spiro atoms. The molecule has 1 N–H and O–H groups in total. The number of nitrogens with one attached hydrogen (secondary N) is 1. The molecule has 1 aliphatic heterocycles. The zero-order valence-corrected chi connectivity index (χ0v) is 12.6. The molecule has 3 atom stereocenters. The van der Waals surface area contributed by atoms with E-state index in [0.29, 0.717) is 11.9 Å². The maximum Gasteiger partial charge on any atom is 0.318 e. The molecule has 1 aromatic rings. The quantitative estimate of drug-likeness (QED) is 0.917. The second kappa shape index (κ2) is 6.12. The van der Waals surface area contributed by atoms with Crippen molar-refractivity contribution in [3.63, 3.8) is 0 Å². The highest BCUT2D eigenvalue weighted by molar-refractivity contribution is 5.29. The first-order valence-electron chi connectivity index (χ1n) is 8.13. The van der Waals surface area contributed by atoms with Gasteiger partial charge in [-0.15, -0.1) is 5.10 Å². The number of hydrogen-bond acceptors (Lipinski definition) is 5. The summed E-state index contributed by atoms with van der Waals surface area (Å²) in [7, 11) is 0. The third-order valence-corrected chi connectivity index (χ3v) is 4.80. The molecule has 0 bridgehead atoms. The van der Waals surface area contributed by atoms with Crippen LogP contribution < -0.4 is 10.2 Å². The Morgan fingerprint density at radius 1 is 1.25 bits per heavy atom. The third-order valence-electron chi connectivity index (χ3n) is 4.80. The van der Waals surface area contributed by atoms with Crippen molar-refractivity contribution in [3.8, 4) is 0 Å². The Labute approximate surface area is 121 Å². The fourth-order valence-electron chi connectivity index (χ4n) is 3.77. The van der Waals surface area contributed by atoms with Crippen molar-refractivity contribution in [1.82, 2.24) is 15.5 Å². The van der Waals surface area contributed by atoms with Crippen molar-refractivity contribution >= 4 is 6.01 Å². The lowest BCUT2D eigenvalue weighted by Gasteiger charge is -2.43. The lowest BCUT2D eigenvalue weighted by molar-refractivity contribution is 0.233. The molecule has 2 heterocycles. The van der Waals surface area contributed by atoms with Gasteiger partial charge in [0, 0.05) is 12.6 Å². The number of aromatic nitrogens is 2. The Morgan fingerprint density at radius 2 is 2.05 bits per heavy atom. The summed E-state index contributed by atoms with van der Waals surface area (Å²) in [6.45, 7) is 6.14. The summed E-state index contributed by atoms with van der Waals surface area (Å²) >= 11 is 0. The van der Waals surface area contributed by atoms with Gasteiger partial charge in [-0.05, 0) is 45.1 Å². The van der Waals surface area contributed by atoms with Gasteiger partial charge in [0.15, 0.2) is 0 Å². The molecule has 2 aliphatic rings. The molecule has 3 unspecified atom stereocenters. The second-order valence-corrected chi connectivity index (χ2v) is 6.15. The Hall–Kier alpha value is -1.10. The van der Waals surface area contributed by atoms with Gasteiger partial charge < -0.3 is 14.6 Å². The van der Waals surface area contributed by atoms with Gasteiger partial charge in [-0.1, -0.05) is 24.9 Å². The SMILES string of the molecule is CCNC(C)c1nnc(N2CCCC3CCCCC32)o1. The zero-order chi connectivity index (χ0) is 13.9. The second-order valence-electron chi connectivity index (χ2n) is 6.15. The fourth-order valence-corrected chi connectivity index (χ4v) is 3.77. The number of rotatable bonds is 4. The highest BCUT2D eigenvalue weighted by atomic mass is 16.4. The van der Waals surface area contributed by atoms with Crippen LogP contribution in [0.1, 0.15) is 64.3 Å². The number of anilines is 1. The van der Waals surface area contributed by atoms with E-state index in [2.05, 4.69) is 34.3 Å². The Kier molecular flexibility index (Phi) is 4.24. The van der Waals surface area contributed by atoms with E-state index in [-0.39, 0.29) is 6.04 Å². The van der Waals surface area contributed by atoms with Crippen LogP contribution >= 0.6 is 0 Å². The Bertz CT molecular complexity index is 431. The van der Waals surface area contributed by atoms with E-state index in [1.807, 2.05) is 0 Å². The summed E-state index contributed by atoms with van der Waals surface area (Å²) in [5, 5.41) is 11.8. The third kappa shape index (κ3) is 2.68. The fraction of sp³-hybridized carbons (Fsp3) is 0.867. The normalized spacial score (nSPS) is 28.2. The van der Waals surface area contributed by atoms with Crippen LogP contribution in [0.25, 0.3) is 0 Å². The summed E-state index contributed by atoms with van der Waals surface area (Å²) in [6, 6.07) is 1.50. The van der Waals surface area contributed by atoms with Crippen molar-refractivity contribution in [3.05, 3.63) is 5.89 Å². The summed E-state index contributed by atoms with van der Waals surface area (Å²) in [4.78, 5) is 2.38. The molecule has 0 aromatic carbocycles. The van der Waals surface area contributed by atoms with Crippen molar-refractivity contribution in [1.29, 1.82) is 0 Å². The number of fused-ring (bicyclic) bond motifs is 1. The lowest BCUT2D eigenvalue weighted by atomic mass is 9.78. The van der Waals surface area contributed by atoms with Crippen LogP contribution in [0.15, 0.2) is 4.42 Å². The first kappa shape index (κ1) is 13.9. The van der Waals surface area contributed by atoms with Gasteiger partial charge in [0.1, 0.15) is 0 Å². The molecular weight excluding hydrogens is 252 g/mol. The van der Waals surface area contributed by atoms with E-state index in [4.69, 9.17) is 4.42 Å². The Balaban J connectivity index is 1.74. The maximum absolute atomic E-state index is 5.93. The average Bonchev–Trinajstić information content (AvgIpc) is 2.97. The maximum atomic E-state index is 5.93. The largest absolute Gasteiger partial charge is 0.406 e. The van der Waals surface area contributed by atoms with Crippen LogP contribution in [-0.2, 0) is 0 Å². The molecule has 0 radical (unpaired) electrons. The van der Waals surface area contributed by atoms with Gasteiger partial charge in [-0.2, -0.15) is 0 Å². The topological polar surface area (TPSA) is 54.2 Å². The molecule has 0 amide bonds. The monoisotopic (exact) mass is 278 g/mol. The number of nitrogens with zero attached hydrogens (tertiary/aromatic N) is 3. The smallest absolute Gasteiger partial charge is 0.318 e. The molecule has 3 rings (SSSR count). The van der Waals surface area contributed by atoms with Crippen LogP contribution in [-0.4, -0.2) is 29.3 Å². The van der Waals surface area contributed by atoms with Gasteiger partial charge in [-0.3, -0.25) is 0 Å². The summed E-state index contributed by atoms with van der Waals surface area (Å²) in [5.74, 6) is 1.54. The summed E-state index contributed by atoms with van der Waals surface area (Å²) < 4.78 is 5.93. The van der Waals surface area contributed by atoms with Crippen molar-refractivity contribution in [2.75, 3.05) is 18.0 Å². The molecule has 1 aromatic heterocycles. The first-order chi connectivity index (χ1) is 9.79. The summed E-state index contributed by atoms with van der Waals surface area (Å²) in [5.41, 5.74) is 0. The zero-order valence-electron chi connectivity index (χ0n) is 12.6. The van der Waals surface area contributed by atoms with E-state index >= 15 is 0 Å². The van der Waals surface area contributed by atoms with Crippen molar-refractivity contribution in [2.45, 2.75) is 64.5 Å². The first-order valence-corrected chi connectivity index (χ1v) is 8.13. The molecule has 1 saturated carbocycles. The summed E-state index contributed by atoms with van der Waals surface area (Å²) in [6.07, 6.45) is 8.01. The van der Waals surface area contributed by atoms with E-state index in [1.54, 1.807) is 0 Å². The van der Waals surface area contributed by atoms with Crippen molar-refractivity contribution < 1.29 is 4.42 Å². The molecule has 5 nitrogen and oxygen atoms in total. The van der Waals surface area contributed by atoms with Crippen LogP contribution in [0.3, 0.4) is 0 Å². The number of hydrogen-bond donors (Lipinski definition) is 1. The Morgan fingerprint density at radius 3 is 2.90 bits per heavy atom. The lowest BCUT2D eigenvalue weighted by Crippen LogP contribution is -2.47. The highest BCUT2D eigenvalue weighted by Crippen LogP contribution is 2.37. The van der Waals surface area contributed by atoms with Crippen LogP contribution in [0, 0.1) is 5.92 Å². The van der Waals surface area contributed by atoms with Crippen LogP contribution in [0.4, 0.5) is 6.01 Å². The molecule has 5 heteroatoms. The standard InChI is InChI=1S/C15H26N4O/c1-3-16-11(2)14-17-18-15(20-14)19-10-6-8-12-7-4-5-9-13(12)19/h11-13,16H,3-10H2,1-2H3. The molecule has 112 valence electrons.